The molecule has 2 saturated carbocycles. The summed E-state index contributed by atoms with van der Waals surface area (Å²) in [5, 5.41) is 2.79. The van der Waals surface area contributed by atoms with Gasteiger partial charge < -0.3 is 0 Å². The number of hydrogen-bond acceptors (Lipinski definition) is 0. The van der Waals surface area contributed by atoms with Crippen LogP contribution in [0.25, 0.3) is 22.0 Å². The maximum Gasteiger partial charge on any atom is 0.220 e. The third kappa shape index (κ3) is 3.61. The molecule has 1 nitrogen and oxygen atoms in total. The van der Waals surface area contributed by atoms with Gasteiger partial charge in [-0.05, 0) is 78.7 Å². The minimum atomic E-state index is 0.757. The van der Waals surface area contributed by atoms with E-state index < -0.39 is 0 Å². The Labute approximate surface area is 175 Å². The molecular formula is C28H34N+. The summed E-state index contributed by atoms with van der Waals surface area (Å²) in [5.41, 5.74) is 7.25. The van der Waals surface area contributed by atoms with Gasteiger partial charge in [-0.1, -0.05) is 56.4 Å². The van der Waals surface area contributed by atoms with Crippen molar-refractivity contribution >= 4 is 10.8 Å². The van der Waals surface area contributed by atoms with Gasteiger partial charge >= 0.3 is 0 Å². The Morgan fingerprint density at radius 2 is 1.34 bits per heavy atom. The van der Waals surface area contributed by atoms with Gasteiger partial charge in [-0.25, -0.2) is 4.57 Å². The van der Waals surface area contributed by atoms with E-state index in [0.29, 0.717) is 0 Å². The van der Waals surface area contributed by atoms with Gasteiger partial charge in [0.05, 0.1) is 5.39 Å². The van der Waals surface area contributed by atoms with Crippen molar-refractivity contribution in [2.24, 2.45) is 7.05 Å². The van der Waals surface area contributed by atoms with Crippen LogP contribution in [0.3, 0.4) is 0 Å². The van der Waals surface area contributed by atoms with Gasteiger partial charge in [0.2, 0.25) is 5.69 Å². The van der Waals surface area contributed by atoms with E-state index in [9.17, 15) is 0 Å². The van der Waals surface area contributed by atoms with Crippen molar-refractivity contribution in [1.29, 1.82) is 0 Å². The molecule has 2 aliphatic rings. The Kier molecular flexibility index (Phi) is 5.16. The van der Waals surface area contributed by atoms with Gasteiger partial charge in [0.25, 0.3) is 0 Å². The molecule has 0 radical (unpaired) electrons. The minimum absolute atomic E-state index is 0.757. The second-order valence-corrected chi connectivity index (χ2v) is 9.51. The number of rotatable bonds is 3. The Balaban J connectivity index is 1.61. The predicted molar refractivity (Wildman–Crippen MR) is 122 cm³/mol. The number of benzene rings is 2. The van der Waals surface area contributed by atoms with Crippen LogP contribution in [0.5, 0.6) is 0 Å². The highest BCUT2D eigenvalue weighted by Crippen LogP contribution is 2.38. The van der Waals surface area contributed by atoms with E-state index in [-0.39, 0.29) is 0 Å². The Hall–Kier alpha value is -2.15. The minimum Gasteiger partial charge on any atom is -0.200 e. The summed E-state index contributed by atoms with van der Waals surface area (Å²) in [6.45, 7) is 2.27. The van der Waals surface area contributed by atoms with Crippen molar-refractivity contribution in [3.8, 4) is 11.3 Å². The molecule has 0 saturated heterocycles. The fourth-order valence-corrected chi connectivity index (χ4v) is 5.82. The van der Waals surface area contributed by atoms with Gasteiger partial charge in [0.15, 0.2) is 6.20 Å². The van der Waals surface area contributed by atoms with E-state index in [2.05, 4.69) is 67.2 Å². The molecule has 0 atom stereocenters. The van der Waals surface area contributed by atoms with Crippen molar-refractivity contribution in [2.75, 3.05) is 0 Å². The van der Waals surface area contributed by atoms with Gasteiger partial charge in [-0.2, -0.15) is 0 Å². The zero-order valence-electron chi connectivity index (χ0n) is 18.1. The molecular weight excluding hydrogens is 350 g/mol. The van der Waals surface area contributed by atoms with Crippen molar-refractivity contribution in [2.45, 2.75) is 76.5 Å². The monoisotopic (exact) mass is 384 g/mol. The maximum atomic E-state index is 2.50. The molecule has 3 aromatic rings. The second kappa shape index (κ2) is 7.94. The lowest BCUT2D eigenvalue weighted by Gasteiger charge is -2.22. The number of pyridine rings is 1. The van der Waals surface area contributed by atoms with Gasteiger partial charge in [-0.15, -0.1) is 0 Å². The molecule has 29 heavy (non-hydrogen) atoms. The highest BCUT2D eigenvalue weighted by atomic mass is 14.9. The summed E-state index contributed by atoms with van der Waals surface area (Å²) in [6, 6.07) is 16.8. The number of nitrogens with zero attached hydrogens (tertiary/aromatic N) is 1. The van der Waals surface area contributed by atoms with Crippen LogP contribution < -0.4 is 4.57 Å². The molecule has 0 amide bonds. The van der Waals surface area contributed by atoms with Crippen LogP contribution in [0.4, 0.5) is 0 Å². The fourth-order valence-electron chi connectivity index (χ4n) is 5.82. The largest absolute Gasteiger partial charge is 0.220 e. The molecule has 0 aliphatic heterocycles. The lowest BCUT2D eigenvalue weighted by molar-refractivity contribution is -0.659. The molecule has 2 fully saturated rings. The summed E-state index contributed by atoms with van der Waals surface area (Å²) in [5.74, 6) is 1.52. The first-order chi connectivity index (χ1) is 14.2. The molecule has 0 spiro atoms. The third-order valence-corrected chi connectivity index (χ3v) is 7.58. The summed E-state index contributed by atoms with van der Waals surface area (Å²) in [7, 11) is 2.20. The first kappa shape index (κ1) is 18.9. The van der Waals surface area contributed by atoms with Crippen LogP contribution in [0.1, 0.15) is 86.3 Å². The molecule has 2 aliphatic carbocycles. The maximum absolute atomic E-state index is 2.50. The zero-order chi connectivity index (χ0) is 19.8. The standard InChI is InChI=1S/C28H34N/c1-20-12-13-24(22-10-6-7-11-22)19-27(20)28-26-15-14-23(21-8-4-3-5-9-21)18-25(26)16-17-29(28)2/h12-19,21-22H,3-11H2,1-2H3/q+1. The Morgan fingerprint density at radius 1 is 0.724 bits per heavy atom. The van der Waals surface area contributed by atoms with Gasteiger partial charge in [0, 0.05) is 11.6 Å². The summed E-state index contributed by atoms with van der Waals surface area (Å²) in [6.07, 6.45) is 14.7. The number of hydrogen-bond donors (Lipinski definition) is 0. The van der Waals surface area contributed by atoms with Crippen LogP contribution in [-0.4, -0.2) is 0 Å². The molecule has 5 rings (SSSR count). The molecule has 2 aromatic carbocycles. The SMILES string of the molecule is Cc1ccc(C2CCCC2)cc1-c1c2ccc(C3CCCCC3)cc2cc[n+]1C. The number of fused-ring (bicyclic) bond motifs is 1. The molecule has 150 valence electrons. The highest BCUT2D eigenvalue weighted by molar-refractivity contribution is 5.94. The van der Waals surface area contributed by atoms with E-state index in [1.807, 2.05) is 0 Å². The van der Waals surface area contributed by atoms with Crippen LogP contribution in [-0.2, 0) is 7.05 Å². The lowest BCUT2D eigenvalue weighted by Crippen LogP contribution is -2.30. The Morgan fingerprint density at radius 3 is 2.07 bits per heavy atom. The second-order valence-electron chi connectivity index (χ2n) is 9.51. The van der Waals surface area contributed by atoms with Gasteiger partial charge in [0.1, 0.15) is 7.05 Å². The topological polar surface area (TPSA) is 3.88 Å². The molecule has 1 heteroatoms. The number of aryl methyl sites for hydroxylation is 2. The van der Waals surface area contributed by atoms with Crippen LogP contribution in [0, 0.1) is 6.92 Å². The molecule has 1 heterocycles. The van der Waals surface area contributed by atoms with E-state index in [4.69, 9.17) is 0 Å². The average molecular weight is 385 g/mol. The quantitative estimate of drug-likeness (QED) is 0.416. The number of aromatic nitrogens is 1. The molecule has 0 N–H and O–H groups in total. The summed E-state index contributed by atoms with van der Waals surface area (Å²) < 4.78 is 2.32. The smallest absolute Gasteiger partial charge is 0.200 e. The molecule has 1 aromatic heterocycles. The fraction of sp³-hybridized carbons (Fsp3) is 0.464. The van der Waals surface area contributed by atoms with E-state index >= 15 is 0 Å². The average Bonchev–Trinajstić information content (AvgIpc) is 3.30. The Bertz CT molecular complexity index is 1020. The van der Waals surface area contributed by atoms with Crippen LogP contribution in [0.2, 0.25) is 0 Å². The molecule has 0 bridgehead atoms. The normalized spacial score (nSPS) is 18.6. The molecule has 0 unspecified atom stereocenters. The zero-order valence-corrected chi connectivity index (χ0v) is 18.1. The van der Waals surface area contributed by atoms with E-state index in [0.717, 1.165) is 11.8 Å². The van der Waals surface area contributed by atoms with Crippen molar-refractivity contribution < 1.29 is 4.57 Å². The van der Waals surface area contributed by atoms with Crippen LogP contribution in [0.15, 0.2) is 48.7 Å². The van der Waals surface area contributed by atoms with Crippen molar-refractivity contribution in [3.05, 3.63) is 65.4 Å². The summed E-state index contributed by atoms with van der Waals surface area (Å²) >= 11 is 0. The third-order valence-electron chi connectivity index (χ3n) is 7.58. The van der Waals surface area contributed by atoms with E-state index in [1.165, 1.54) is 85.4 Å². The van der Waals surface area contributed by atoms with Crippen molar-refractivity contribution in [3.63, 3.8) is 0 Å². The summed E-state index contributed by atoms with van der Waals surface area (Å²) in [4.78, 5) is 0. The lowest BCUT2D eigenvalue weighted by atomic mass is 9.83. The highest BCUT2D eigenvalue weighted by Gasteiger charge is 2.23. The first-order valence-electron chi connectivity index (χ1n) is 11.7. The van der Waals surface area contributed by atoms with Gasteiger partial charge in [-0.3, -0.25) is 0 Å². The van der Waals surface area contributed by atoms with Crippen molar-refractivity contribution in [1.82, 2.24) is 0 Å². The predicted octanol–water partition coefficient (Wildman–Crippen LogP) is 7.35. The van der Waals surface area contributed by atoms with E-state index in [1.54, 1.807) is 11.1 Å². The van der Waals surface area contributed by atoms with Crippen LogP contribution >= 0.6 is 0 Å². The first-order valence-corrected chi connectivity index (χ1v) is 11.7.